The topological polar surface area (TPSA) is 89.9 Å². The lowest BCUT2D eigenvalue weighted by atomic mass is 9.84. The van der Waals surface area contributed by atoms with Crippen LogP contribution in [-0.4, -0.2) is 28.7 Å². The Kier molecular flexibility index (Phi) is 7.32. The molecule has 0 heterocycles. The minimum absolute atomic E-state index is 0.179. The highest BCUT2D eigenvalue weighted by molar-refractivity contribution is 7.47. The minimum Gasteiger partial charge on any atom is -0.302 e. The molecule has 2 rings (SSSR count). The summed E-state index contributed by atoms with van der Waals surface area (Å²) < 4.78 is 23.2. The summed E-state index contributed by atoms with van der Waals surface area (Å²) in [6.45, 7) is 6.97. The highest BCUT2D eigenvalue weighted by Gasteiger charge is 2.40. The Balaban J connectivity index is 2.05. The summed E-state index contributed by atoms with van der Waals surface area (Å²) in [5.41, 5.74) is 0. The molecule has 25 heavy (non-hydrogen) atoms. The lowest BCUT2D eigenvalue weighted by molar-refractivity contribution is -0.123. The molecule has 0 aliphatic heterocycles. The van der Waals surface area contributed by atoms with Gasteiger partial charge in [0.05, 0.1) is 12.2 Å². The summed E-state index contributed by atoms with van der Waals surface area (Å²) in [5.74, 6) is -1.29. The zero-order chi connectivity index (χ0) is 18.4. The Morgan fingerprint density at radius 1 is 0.840 bits per heavy atom. The van der Waals surface area contributed by atoms with Crippen molar-refractivity contribution < 1.29 is 28.1 Å². The van der Waals surface area contributed by atoms with E-state index in [0.717, 1.165) is 25.7 Å². The smallest absolute Gasteiger partial charge is 0.302 e. The average molecular weight is 370 g/mol. The molecule has 0 aromatic rings. The number of hydrogen-bond acceptors (Lipinski definition) is 5. The second-order valence-corrected chi connectivity index (χ2v) is 8.11. The van der Waals surface area contributed by atoms with Gasteiger partial charge in [-0.25, -0.2) is 4.57 Å². The fourth-order valence-corrected chi connectivity index (χ4v) is 5.01. The van der Waals surface area contributed by atoms with Gasteiger partial charge in [-0.05, 0) is 37.8 Å². The number of hydrogen-bond donors (Lipinski definition) is 1. The maximum atomic E-state index is 12.5. The van der Waals surface area contributed by atoms with Gasteiger partial charge in [-0.15, -0.1) is 0 Å². The molecule has 4 atom stereocenters. The maximum Gasteiger partial charge on any atom is 0.472 e. The second-order valence-electron chi connectivity index (χ2n) is 6.75. The van der Waals surface area contributed by atoms with Gasteiger partial charge in [0.25, 0.3) is 0 Å². The van der Waals surface area contributed by atoms with Crippen LogP contribution in [0, 0.1) is 11.8 Å². The van der Waals surface area contributed by atoms with Crippen molar-refractivity contribution in [2.75, 3.05) is 0 Å². The van der Waals surface area contributed by atoms with Crippen molar-refractivity contribution in [1.29, 1.82) is 0 Å². The second kappa shape index (κ2) is 9.04. The fourth-order valence-electron chi connectivity index (χ4n) is 3.77. The molecule has 0 bridgehead atoms. The van der Waals surface area contributed by atoms with Gasteiger partial charge < -0.3 is 4.89 Å². The van der Waals surface area contributed by atoms with Crippen molar-refractivity contribution in [2.24, 2.45) is 11.8 Å². The Hall–Kier alpha value is -1.07. The summed E-state index contributed by atoms with van der Waals surface area (Å²) in [4.78, 5) is 34.1. The molecule has 140 valence electrons. The number of rotatable bonds is 8. The average Bonchev–Trinajstić information content (AvgIpc) is 2.60. The van der Waals surface area contributed by atoms with E-state index >= 15 is 0 Å². The zero-order valence-electron chi connectivity index (χ0n) is 14.5. The van der Waals surface area contributed by atoms with Gasteiger partial charge in [-0.3, -0.25) is 18.6 Å². The molecule has 1 N–H and O–H groups in total. The first kappa shape index (κ1) is 20.2. The van der Waals surface area contributed by atoms with Crippen LogP contribution in [0.4, 0.5) is 0 Å². The Labute approximate surface area is 148 Å². The monoisotopic (exact) mass is 370 g/mol. The molecule has 2 aliphatic carbocycles. The molecule has 2 saturated carbocycles. The van der Waals surface area contributed by atoms with E-state index in [1.165, 1.54) is 12.2 Å². The normalized spacial score (nSPS) is 32.4. The quantitative estimate of drug-likeness (QED) is 0.517. The van der Waals surface area contributed by atoms with Crippen LogP contribution in [0.15, 0.2) is 25.3 Å². The van der Waals surface area contributed by atoms with Gasteiger partial charge in [0.15, 0.2) is 11.6 Å². The lowest BCUT2D eigenvalue weighted by Crippen LogP contribution is -2.35. The standard InChI is InChI=1S/C18H27O6P/c1-3-15(19)13-9-5-7-11-17(13)23-25(21,22)24-18-12-8-6-10-14(18)16(20)4-2/h3-4,13-14,17-18H,1-2,5-12H2,(H,21,22). The third-order valence-corrected chi connectivity index (χ3v) is 6.15. The van der Waals surface area contributed by atoms with Crippen LogP contribution in [0.25, 0.3) is 0 Å². The highest BCUT2D eigenvalue weighted by Crippen LogP contribution is 2.51. The molecule has 0 spiro atoms. The number of ketones is 2. The van der Waals surface area contributed by atoms with E-state index in [0.29, 0.717) is 25.7 Å². The van der Waals surface area contributed by atoms with Gasteiger partial charge in [-0.2, -0.15) is 0 Å². The molecule has 6 nitrogen and oxygen atoms in total. The molecular weight excluding hydrogens is 343 g/mol. The van der Waals surface area contributed by atoms with Crippen LogP contribution >= 0.6 is 7.82 Å². The van der Waals surface area contributed by atoms with E-state index in [4.69, 9.17) is 9.05 Å². The number of phosphoric acid groups is 1. The number of carbonyl (C=O) groups is 2. The van der Waals surface area contributed by atoms with Crippen molar-refractivity contribution in [3.63, 3.8) is 0 Å². The molecule has 0 aromatic carbocycles. The van der Waals surface area contributed by atoms with E-state index in [1.54, 1.807) is 0 Å². The third-order valence-electron chi connectivity index (χ3n) is 5.08. The van der Waals surface area contributed by atoms with Crippen LogP contribution in [-0.2, 0) is 23.2 Å². The van der Waals surface area contributed by atoms with Crippen LogP contribution in [0.5, 0.6) is 0 Å². The van der Waals surface area contributed by atoms with Gasteiger partial charge in [0.1, 0.15) is 0 Å². The number of allylic oxidation sites excluding steroid dienone is 2. The summed E-state index contributed by atoms with van der Waals surface area (Å²) in [7, 11) is -4.38. The van der Waals surface area contributed by atoms with Crippen LogP contribution in [0.2, 0.25) is 0 Å². The molecule has 0 aromatic heterocycles. The molecule has 2 fully saturated rings. The molecule has 2 aliphatic rings. The van der Waals surface area contributed by atoms with Crippen LogP contribution in [0.3, 0.4) is 0 Å². The van der Waals surface area contributed by atoms with Crippen molar-refractivity contribution in [3.05, 3.63) is 25.3 Å². The van der Waals surface area contributed by atoms with Gasteiger partial charge in [0, 0.05) is 11.8 Å². The van der Waals surface area contributed by atoms with E-state index in [2.05, 4.69) is 13.2 Å². The number of phosphoric ester groups is 1. The van der Waals surface area contributed by atoms with Gasteiger partial charge >= 0.3 is 7.82 Å². The summed E-state index contributed by atoms with van der Waals surface area (Å²) in [5, 5.41) is 0. The first-order valence-corrected chi connectivity index (χ1v) is 10.4. The van der Waals surface area contributed by atoms with Gasteiger partial charge in [0.2, 0.25) is 0 Å². The first-order valence-electron chi connectivity index (χ1n) is 8.90. The third kappa shape index (κ3) is 5.45. The van der Waals surface area contributed by atoms with E-state index < -0.39 is 31.9 Å². The molecule has 7 heteroatoms. The molecular formula is C18H27O6P. The molecule has 0 saturated heterocycles. The van der Waals surface area contributed by atoms with E-state index in [-0.39, 0.29) is 11.6 Å². The molecule has 4 unspecified atom stereocenters. The predicted molar refractivity (Wildman–Crippen MR) is 93.9 cm³/mol. The Morgan fingerprint density at radius 2 is 1.20 bits per heavy atom. The highest BCUT2D eigenvalue weighted by atomic mass is 31.2. The maximum absolute atomic E-state index is 12.5. The lowest BCUT2D eigenvalue weighted by Gasteiger charge is -2.34. The van der Waals surface area contributed by atoms with Crippen molar-refractivity contribution in [1.82, 2.24) is 0 Å². The largest absolute Gasteiger partial charge is 0.472 e. The van der Waals surface area contributed by atoms with Crippen LogP contribution in [0.1, 0.15) is 51.4 Å². The Bertz CT molecular complexity index is 526. The molecule has 0 radical (unpaired) electrons. The van der Waals surface area contributed by atoms with Crippen LogP contribution < -0.4 is 0 Å². The summed E-state index contributed by atoms with van der Waals surface area (Å²) in [6, 6.07) is 0. The Morgan fingerprint density at radius 3 is 1.56 bits per heavy atom. The summed E-state index contributed by atoms with van der Waals surface area (Å²) >= 11 is 0. The fraction of sp³-hybridized carbons (Fsp3) is 0.667. The first-order chi connectivity index (χ1) is 11.9. The van der Waals surface area contributed by atoms with Gasteiger partial charge in [-0.1, -0.05) is 38.8 Å². The van der Waals surface area contributed by atoms with E-state index in [1.807, 2.05) is 0 Å². The predicted octanol–water partition coefficient (Wildman–Crippen LogP) is 3.75. The number of carbonyl (C=O) groups excluding carboxylic acids is 2. The zero-order valence-corrected chi connectivity index (χ0v) is 15.4. The van der Waals surface area contributed by atoms with Crippen molar-refractivity contribution in [2.45, 2.75) is 63.6 Å². The minimum atomic E-state index is -4.38. The SMILES string of the molecule is C=CC(=O)C1CCCCC1OP(=O)(O)OC1CCCCC1C(=O)C=C. The van der Waals surface area contributed by atoms with Crippen molar-refractivity contribution in [3.8, 4) is 0 Å². The van der Waals surface area contributed by atoms with Crippen molar-refractivity contribution >= 4 is 19.4 Å². The van der Waals surface area contributed by atoms with E-state index in [9.17, 15) is 19.0 Å². The molecule has 0 amide bonds. The summed E-state index contributed by atoms with van der Waals surface area (Å²) in [6.07, 6.45) is 6.81.